The van der Waals surface area contributed by atoms with Gasteiger partial charge in [0, 0.05) is 12.6 Å². The van der Waals surface area contributed by atoms with E-state index in [1.807, 2.05) is 13.8 Å². The van der Waals surface area contributed by atoms with Crippen LogP contribution in [0.4, 0.5) is 5.69 Å². The second-order valence-corrected chi connectivity index (χ2v) is 4.39. The van der Waals surface area contributed by atoms with E-state index in [1.54, 1.807) is 12.1 Å². The van der Waals surface area contributed by atoms with Gasteiger partial charge in [-0.05, 0) is 25.5 Å². The van der Waals surface area contributed by atoms with E-state index in [9.17, 15) is 10.1 Å². The summed E-state index contributed by atoms with van der Waals surface area (Å²) >= 11 is 0. The molecule has 5 heteroatoms. The summed E-state index contributed by atoms with van der Waals surface area (Å²) in [4.78, 5) is 10.4. The van der Waals surface area contributed by atoms with Crippen molar-refractivity contribution in [3.8, 4) is 18.1 Å². The lowest BCUT2D eigenvalue weighted by molar-refractivity contribution is -0.385. The maximum atomic E-state index is 10.9. The molecule has 1 N–H and O–H groups in total. The van der Waals surface area contributed by atoms with Gasteiger partial charge in [-0.3, -0.25) is 15.4 Å². The van der Waals surface area contributed by atoms with E-state index in [-0.39, 0.29) is 11.4 Å². The van der Waals surface area contributed by atoms with Gasteiger partial charge in [-0.25, -0.2) is 0 Å². The lowest BCUT2D eigenvalue weighted by atomic mass is 10.1. The van der Waals surface area contributed by atoms with Gasteiger partial charge < -0.3 is 4.74 Å². The summed E-state index contributed by atoms with van der Waals surface area (Å²) < 4.78 is 4.93. The van der Waals surface area contributed by atoms with E-state index in [0.29, 0.717) is 6.54 Å². The Balaban J connectivity index is 2.90. The Kier molecular flexibility index (Phi) is 4.29. The number of ether oxygens (including phenoxy) is 1. The topological polar surface area (TPSA) is 64.4 Å². The van der Waals surface area contributed by atoms with E-state index in [2.05, 4.69) is 11.2 Å². The van der Waals surface area contributed by atoms with Gasteiger partial charge in [-0.2, -0.15) is 0 Å². The van der Waals surface area contributed by atoms with Gasteiger partial charge >= 0.3 is 5.69 Å². The quantitative estimate of drug-likeness (QED) is 0.492. The molecule has 0 aliphatic heterocycles. The largest absolute Gasteiger partial charge is 0.490 e. The molecule has 0 heterocycles. The van der Waals surface area contributed by atoms with Crippen molar-refractivity contribution in [1.82, 2.24) is 5.32 Å². The maximum Gasteiger partial charge on any atom is 0.311 e. The summed E-state index contributed by atoms with van der Waals surface area (Å²) in [6.07, 6.45) is 5.35. The molecule has 96 valence electrons. The van der Waals surface area contributed by atoms with Crippen molar-refractivity contribution in [3.05, 3.63) is 33.9 Å². The summed E-state index contributed by atoms with van der Waals surface area (Å²) in [6, 6.07) is 4.84. The van der Waals surface area contributed by atoms with Crippen LogP contribution in [-0.4, -0.2) is 17.6 Å². The predicted molar refractivity (Wildman–Crippen MR) is 69.4 cm³/mol. The van der Waals surface area contributed by atoms with E-state index < -0.39 is 10.5 Å². The highest BCUT2D eigenvalue weighted by Crippen LogP contribution is 2.27. The Bertz CT molecular complexity index is 489. The number of hydrogen-bond donors (Lipinski definition) is 1. The van der Waals surface area contributed by atoms with Gasteiger partial charge in [0.15, 0.2) is 5.75 Å². The first-order valence-corrected chi connectivity index (χ1v) is 5.43. The molecule has 1 rings (SSSR count). The number of benzene rings is 1. The van der Waals surface area contributed by atoms with E-state index in [0.717, 1.165) is 5.56 Å². The summed E-state index contributed by atoms with van der Waals surface area (Å²) in [5, 5.41) is 14.0. The Morgan fingerprint density at radius 1 is 1.56 bits per heavy atom. The molecule has 0 radical (unpaired) electrons. The van der Waals surface area contributed by atoms with Crippen molar-refractivity contribution >= 4 is 5.69 Å². The van der Waals surface area contributed by atoms with Gasteiger partial charge in [-0.1, -0.05) is 12.0 Å². The first kappa shape index (κ1) is 14.0. The van der Waals surface area contributed by atoms with Crippen molar-refractivity contribution in [2.45, 2.75) is 25.9 Å². The van der Waals surface area contributed by atoms with Gasteiger partial charge in [0.25, 0.3) is 0 Å². The lowest BCUT2D eigenvalue weighted by Gasteiger charge is -2.19. The monoisotopic (exact) mass is 248 g/mol. The minimum absolute atomic E-state index is 0.0460. The number of methoxy groups -OCH3 is 1. The molecular formula is C13H16N2O3. The highest BCUT2D eigenvalue weighted by atomic mass is 16.6. The average Bonchev–Trinajstić information content (AvgIpc) is 2.36. The second-order valence-electron chi connectivity index (χ2n) is 4.39. The molecule has 0 saturated heterocycles. The molecule has 0 saturated carbocycles. The first-order valence-electron chi connectivity index (χ1n) is 5.43. The van der Waals surface area contributed by atoms with Gasteiger partial charge in [0.1, 0.15) is 0 Å². The summed E-state index contributed by atoms with van der Waals surface area (Å²) in [6.45, 7) is 4.19. The van der Waals surface area contributed by atoms with Crippen LogP contribution in [0.2, 0.25) is 0 Å². The van der Waals surface area contributed by atoms with Crippen LogP contribution in [0.5, 0.6) is 5.75 Å². The van der Waals surface area contributed by atoms with Crippen molar-refractivity contribution < 1.29 is 9.66 Å². The number of terminal acetylenes is 1. The van der Waals surface area contributed by atoms with Crippen LogP contribution in [0, 0.1) is 22.5 Å². The smallest absolute Gasteiger partial charge is 0.311 e. The van der Waals surface area contributed by atoms with Crippen LogP contribution >= 0.6 is 0 Å². The molecule has 0 spiro atoms. The number of hydrogen-bond acceptors (Lipinski definition) is 4. The third-order valence-corrected chi connectivity index (χ3v) is 2.54. The zero-order valence-corrected chi connectivity index (χ0v) is 10.7. The minimum atomic E-state index is -0.464. The van der Waals surface area contributed by atoms with Crippen LogP contribution in [0.15, 0.2) is 18.2 Å². The van der Waals surface area contributed by atoms with Crippen LogP contribution in [0.1, 0.15) is 19.4 Å². The molecule has 1 aromatic carbocycles. The number of nitrogens with one attached hydrogen (secondary N) is 1. The minimum Gasteiger partial charge on any atom is -0.490 e. The Morgan fingerprint density at radius 2 is 2.22 bits per heavy atom. The molecule has 0 unspecified atom stereocenters. The molecule has 5 nitrogen and oxygen atoms in total. The van der Waals surface area contributed by atoms with Crippen LogP contribution < -0.4 is 10.1 Å². The molecule has 18 heavy (non-hydrogen) atoms. The second kappa shape index (κ2) is 5.52. The first-order chi connectivity index (χ1) is 8.39. The van der Waals surface area contributed by atoms with Crippen molar-refractivity contribution in [2.24, 2.45) is 0 Å². The molecule has 0 atom stereocenters. The molecule has 0 aromatic heterocycles. The van der Waals surface area contributed by atoms with Crippen LogP contribution in [0.3, 0.4) is 0 Å². The average molecular weight is 248 g/mol. The Labute approximate surface area is 106 Å². The third-order valence-electron chi connectivity index (χ3n) is 2.54. The molecule has 0 fully saturated rings. The third kappa shape index (κ3) is 3.47. The summed E-state index contributed by atoms with van der Waals surface area (Å²) in [5.74, 6) is 2.85. The number of nitro groups is 1. The zero-order chi connectivity index (χ0) is 13.8. The number of nitrogens with zero attached hydrogens (tertiary/aromatic N) is 1. The van der Waals surface area contributed by atoms with Crippen molar-refractivity contribution in [1.29, 1.82) is 0 Å². The molecule has 1 aromatic rings. The summed E-state index contributed by atoms with van der Waals surface area (Å²) in [7, 11) is 1.40. The van der Waals surface area contributed by atoms with Gasteiger partial charge in [0.05, 0.1) is 17.6 Å². The van der Waals surface area contributed by atoms with Crippen LogP contribution in [-0.2, 0) is 6.54 Å². The standard InChI is InChI=1S/C13H16N2O3/c1-5-13(2,3)14-9-10-6-7-12(18-4)11(8-10)15(16)17/h1,6-8,14H,9H2,2-4H3. The highest BCUT2D eigenvalue weighted by molar-refractivity contribution is 5.48. The van der Waals surface area contributed by atoms with Gasteiger partial charge in [0.2, 0.25) is 0 Å². The van der Waals surface area contributed by atoms with E-state index >= 15 is 0 Å². The molecule has 0 amide bonds. The lowest BCUT2D eigenvalue weighted by Crippen LogP contribution is -2.36. The molecule has 0 bridgehead atoms. The number of rotatable bonds is 5. The van der Waals surface area contributed by atoms with E-state index in [1.165, 1.54) is 13.2 Å². The van der Waals surface area contributed by atoms with Crippen molar-refractivity contribution in [3.63, 3.8) is 0 Å². The van der Waals surface area contributed by atoms with Gasteiger partial charge in [-0.15, -0.1) is 6.42 Å². The zero-order valence-electron chi connectivity index (χ0n) is 10.7. The van der Waals surface area contributed by atoms with E-state index in [4.69, 9.17) is 11.2 Å². The fraction of sp³-hybridized carbons (Fsp3) is 0.385. The number of nitro benzene ring substituents is 1. The SMILES string of the molecule is C#CC(C)(C)NCc1ccc(OC)c([N+](=O)[O-])c1. The van der Waals surface area contributed by atoms with Crippen molar-refractivity contribution in [2.75, 3.05) is 7.11 Å². The molecule has 0 aliphatic carbocycles. The summed E-state index contributed by atoms with van der Waals surface area (Å²) in [5.41, 5.74) is 0.287. The predicted octanol–water partition coefficient (Wildman–Crippen LogP) is 2.10. The maximum absolute atomic E-state index is 10.9. The Morgan fingerprint density at radius 3 is 2.72 bits per heavy atom. The van der Waals surface area contributed by atoms with Crippen LogP contribution in [0.25, 0.3) is 0 Å². The molecule has 0 aliphatic rings. The fourth-order valence-electron chi connectivity index (χ4n) is 1.36. The normalized spacial score (nSPS) is 10.8. The Hall–Kier alpha value is -2.06. The molecular weight excluding hydrogens is 232 g/mol. The fourth-order valence-corrected chi connectivity index (χ4v) is 1.36. The highest BCUT2D eigenvalue weighted by Gasteiger charge is 2.17.